The van der Waals surface area contributed by atoms with E-state index in [-0.39, 0.29) is 0 Å². The van der Waals surface area contributed by atoms with Gasteiger partial charge in [0.15, 0.2) is 0 Å². The number of methoxy groups -OCH3 is 1. The third kappa shape index (κ3) is 3.15. The first-order valence-electron chi connectivity index (χ1n) is 6.57. The van der Waals surface area contributed by atoms with E-state index >= 15 is 0 Å². The minimum atomic E-state index is 0.577. The molecule has 0 unspecified atom stereocenters. The Morgan fingerprint density at radius 3 is 2.74 bits per heavy atom. The molecule has 0 saturated carbocycles. The molecule has 4 nitrogen and oxygen atoms in total. The largest absolute Gasteiger partial charge is 0.497 e. The van der Waals surface area contributed by atoms with Gasteiger partial charge in [-0.05, 0) is 32.0 Å². The van der Waals surface area contributed by atoms with Gasteiger partial charge in [-0.3, -0.25) is 0 Å². The zero-order valence-corrected chi connectivity index (χ0v) is 11.7. The van der Waals surface area contributed by atoms with Crippen LogP contribution in [0.15, 0.2) is 24.3 Å². The lowest BCUT2D eigenvalue weighted by molar-refractivity contribution is 0.134. The van der Waals surface area contributed by atoms with E-state index in [1.54, 1.807) is 7.11 Å². The van der Waals surface area contributed by atoms with Gasteiger partial charge >= 0.3 is 0 Å². The van der Waals surface area contributed by atoms with E-state index in [4.69, 9.17) is 9.47 Å². The summed E-state index contributed by atoms with van der Waals surface area (Å²) in [5.74, 6) is 1.71. The molecule has 19 heavy (non-hydrogen) atoms. The normalized spacial score (nSPS) is 10.7. The van der Waals surface area contributed by atoms with Gasteiger partial charge < -0.3 is 14.8 Å². The number of aromatic nitrogens is 1. The zero-order valence-electron chi connectivity index (χ0n) is 11.7. The molecular formula is C15H20N2O2. The third-order valence-corrected chi connectivity index (χ3v) is 2.91. The van der Waals surface area contributed by atoms with Crippen LogP contribution < -0.4 is 10.1 Å². The Hall–Kier alpha value is -1.81. The molecule has 2 rings (SSSR count). The van der Waals surface area contributed by atoms with E-state index < -0.39 is 0 Å². The molecule has 0 fully saturated rings. The van der Waals surface area contributed by atoms with Crippen molar-refractivity contribution in [1.82, 2.24) is 4.98 Å². The number of pyridine rings is 1. The van der Waals surface area contributed by atoms with Gasteiger partial charge in [0.2, 0.25) is 0 Å². The summed E-state index contributed by atoms with van der Waals surface area (Å²) in [5, 5.41) is 4.38. The van der Waals surface area contributed by atoms with Gasteiger partial charge in [0, 0.05) is 30.2 Å². The van der Waals surface area contributed by atoms with E-state index in [0.29, 0.717) is 13.2 Å². The first-order chi connectivity index (χ1) is 9.28. The van der Waals surface area contributed by atoms with Crippen molar-refractivity contribution in [3.05, 3.63) is 29.8 Å². The number of nitrogens with one attached hydrogen (secondary N) is 1. The van der Waals surface area contributed by atoms with Crippen LogP contribution in [0.2, 0.25) is 0 Å². The number of fused-ring (bicyclic) bond motifs is 1. The van der Waals surface area contributed by atoms with Crippen LogP contribution in [0.1, 0.15) is 19.4 Å². The Morgan fingerprint density at radius 1 is 1.21 bits per heavy atom. The van der Waals surface area contributed by atoms with Crippen molar-refractivity contribution in [2.24, 2.45) is 0 Å². The summed E-state index contributed by atoms with van der Waals surface area (Å²) in [5.41, 5.74) is 2.01. The quantitative estimate of drug-likeness (QED) is 0.866. The van der Waals surface area contributed by atoms with Gasteiger partial charge in [0.1, 0.15) is 11.6 Å². The van der Waals surface area contributed by atoms with E-state index in [9.17, 15) is 0 Å². The van der Waals surface area contributed by atoms with Crippen LogP contribution in [-0.2, 0) is 11.3 Å². The molecule has 1 aromatic carbocycles. The molecule has 0 radical (unpaired) electrons. The Balaban J connectivity index is 2.45. The lowest BCUT2D eigenvalue weighted by atomic mass is 10.1. The monoisotopic (exact) mass is 260 g/mol. The molecule has 1 aromatic heterocycles. The predicted octanol–water partition coefficient (Wildman–Crippen LogP) is 3.21. The Morgan fingerprint density at radius 2 is 2.05 bits per heavy atom. The van der Waals surface area contributed by atoms with Crippen molar-refractivity contribution >= 4 is 16.7 Å². The highest BCUT2D eigenvalue weighted by atomic mass is 16.5. The predicted molar refractivity (Wildman–Crippen MR) is 77.8 cm³/mol. The molecule has 0 aliphatic rings. The van der Waals surface area contributed by atoms with Gasteiger partial charge in [-0.1, -0.05) is 0 Å². The average molecular weight is 260 g/mol. The highest BCUT2D eigenvalue weighted by Crippen LogP contribution is 2.24. The van der Waals surface area contributed by atoms with Gasteiger partial charge in [-0.2, -0.15) is 0 Å². The second kappa shape index (κ2) is 6.38. The molecule has 0 spiro atoms. The van der Waals surface area contributed by atoms with Crippen molar-refractivity contribution in [1.29, 1.82) is 0 Å². The van der Waals surface area contributed by atoms with Crippen molar-refractivity contribution in [3.63, 3.8) is 0 Å². The third-order valence-electron chi connectivity index (χ3n) is 2.91. The Kier molecular flexibility index (Phi) is 4.58. The van der Waals surface area contributed by atoms with E-state index in [1.807, 2.05) is 25.1 Å². The SMILES string of the molecule is CCNc1nc2cc(OC)ccc2cc1COCC. The van der Waals surface area contributed by atoms with Crippen molar-refractivity contribution in [2.75, 3.05) is 25.6 Å². The minimum absolute atomic E-state index is 0.577. The molecule has 1 heterocycles. The molecule has 2 aromatic rings. The number of ether oxygens (including phenoxy) is 2. The molecule has 0 aliphatic carbocycles. The second-order valence-electron chi connectivity index (χ2n) is 4.22. The van der Waals surface area contributed by atoms with Crippen LogP contribution >= 0.6 is 0 Å². The van der Waals surface area contributed by atoms with Crippen LogP contribution in [-0.4, -0.2) is 25.2 Å². The number of nitrogens with zero attached hydrogens (tertiary/aromatic N) is 1. The Labute approximate surface area is 113 Å². The first-order valence-corrected chi connectivity index (χ1v) is 6.57. The molecule has 0 atom stereocenters. The highest BCUT2D eigenvalue weighted by molar-refractivity contribution is 5.83. The highest BCUT2D eigenvalue weighted by Gasteiger charge is 2.07. The number of anilines is 1. The molecular weight excluding hydrogens is 240 g/mol. The van der Waals surface area contributed by atoms with E-state index in [2.05, 4.69) is 23.3 Å². The summed E-state index contributed by atoms with van der Waals surface area (Å²) in [6.07, 6.45) is 0. The topological polar surface area (TPSA) is 43.4 Å². The number of rotatable bonds is 6. The van der Waals surface area contributed by atoms with Crippen molar-refractivity contribution in [3.8, 4) is 5.75 Å². The maximum atomic E-state index is 5.50. The summed E-state index contributed by atoms with van der Waals surface area (Å²) in [4.78, 5) is 4.66. The fraction of sp³-hybridized carbons (Fsp3) is 0.400. The van der Waals surface area contributed by atoms with Crippen LogP contribution in [0.3, 0.4) is 0 Å². The number of hydrogen-bond acceptors (Lipinski definition) is 4. The molecule has 0 amide bonds. The maximum Gasteiger partial charge on any atom is 0.132 e. The fourth-order valence-electron chi connectivity index (χ4n) is 1.96. The van der Waals surface area contributed by atoms with Crippen molar-refractivity contribution in [2.45, 2.75) is 20.5 Å². The molecule has 102 valence electrons. The van der Waals surface area contributed by atoms with Gasteiger partial charge in [0.05, 0.1) is 19.2 Å². The van der Waals surface area contributed by atoms with Crippen LogP contribution in [0.25, 0.3) is 10.9 Å². The Bertz CT molecular complexity index is 555. The molecule has 0 aliphatic heterocycles. The minimum Gasteiger partial charge on any atom is -0.497 e. The average Bonchev–Trinajstić information content (AvgIpc) is 2.44. The van der Waals surface area contributed by atoms with Crippen LogP contribution in [0, 0.1) is 0 Å². The summed E-state index contributed by atoms with van der Waals surface area (Å²) in [7, 11) is 1.66. The number of benzene rings is 1. The summed E-state index contributed by atoms with van der Waals surface area (Å²) in [6.45, 7) is 6.16. The van der Waals surface area contributed by atoms with Gasteiger partial charge in [-0.15, -0.1) is 0 Å². The van der Waals surface area contributed by atoms with Crippen molar-refractivity contribution < 1.29 is 9.47 Å². The summed E-state index contributed by atoms with van der Waals surface area (Å²) >= 11 is 0. The lowest BCUT2D eigenvalue weighted by Crippen LogP contribution is -2.05. The van der Waals surface area contributed by atoms with Crippen LogP contribution in [0.5, 0.6) is 5.75 Å². The molecule has 0 saturated heterocycles. The number of hydrogen-bond donors (Lipinski definition) is 1. The van der Waals surface area contributed by atoms with Gasteiger partial charge in [-0.25, -0.2) is 4.98 Å². The lowest BCUT2D eigenvalue weighted by Gasteiger charge is -2.12. The zero-order chi connectivity index (χ0) is 13.7. The summed E-state index contributed by atoms with van der Waals surface area (Å²) in [6, 6.07) is 8.03. The van der Waals surface area contributed by atoms with E-state index in [1.165, 1.54) is 0 Å². The first kappa shape index (κ1) is 13.6. The molecule has 4 heteroatoms. The molecule has 1 N–H and O–H groups in total. The molecule has 0 bridgehead atoms. The summed E-state index contributed by atoms with van der Waals surface area (Å²) < 4.78 is 10.7. The maximum absolute atomic E-state index is 5.50. The van der Waals surface area contributed by atoms with Crippen LogP contribution in [0.4, 0.5) is 5.82 Å². The second-order valence-corrected chi connectivity index (χ2v) is 4.22. The van der Waals surface area contributed by atoms with Gasteiger partial charge in [0.25, 0.3) is 0 Å². The standard InChI is InChI=1S/C15H20N2O2/c1-4-16-15-12(10-19-5-2)8-11-6-7-13(18-3)9-14(11)17-15/h6-9H,4-5,10H2,1-3H3,(H,16,17). The fourth-order valence-corrected chi connectivity index (χ4v) is 1.96. The smallest absolute Gasteiger partial charge is 0.132 e. The van der Waals surface area contributed by atoms with E-state index in [0.717, 1.165) is 34.6 Å².